The second kappa shape index (κ2) is 8.17. The highest BCUT2D eigenvalue weighted by Crippen LogP contribution is 2.33. The Morgan fingerprint density at radius 2 is 2.15 bits per heavy atom. The first kappa shape index (κ1) is 18.2. The van der Waals surface area contributed by atoms with Crippen LogP contribution in [0.5, 0.6) is 0 Å². The number of pyridine rings is 1. The molecule has 1 aliphatic heterocycles. The molecule has 1 unspecified atom stereocenters. The molecule has 138 valence electrons. The molecule has 1 amide bonds. The molecular weight excluding hydrogens is 330 g/mol. The van der Waals surface area contributed by atoms with E-state index in [1.165, 1.54) is 6.92 Å². The van der Waals surface area contributed by atoms with Crippen molar-refractivity contribution >= 4 is 28.5 Å². The lowest BCUT2D eigenvalue weighted by molar-refractivity contribution is -0.119. The highest BCUT2D eigenvalue weighted by atomic mass is 16.5. The van der Waals surface area contributed by atoms with Gasteiger partial charge in [0.15, 0.2) is 0 Å². The van der Waals surface area contributed by atoms with Gasteiger partial charge < -0.3 is 15.0 Å². The number of anilines is 1. The van der Waals surface area contributed by atoms with Crippen LogP contribution in [0.3, 0.4) is 0 Å². The zero-order valence-corrected chi connectivity index (χ0v) is 15.3. The maximum absolute atomic E-state index is 12.5. The zero-order chi connectivity index (χ0) is 18.5. The molecule has 2 heterocycles. The summed E-state index contributed by atoms with van der Waals surface area (Å²) in [6.45, 7) is 5.99. The molecule has 6 heteroatoms. The molecule has 1 aromatic carbocycles. The fourth-order valence-corrected chi connectivity index (χ4v) is 3.55. The number of fused-ring (bicyclic) bond motifs is 1. The predicted molar refractivity (Wildman–Crippen MR) is 101 cm³/mol. The van der Waals surface area contributed by atoms with Gasteiger partial charge in [0, 0.05) is 38.1 Å². The summed E-state index contributed by atoms with van der Waals surface area (Å²) in [6, 6.07) is 7.85. The molecule has 1 aromatic heterocycles. The first-order chi connectivity index (χ1) is 12.6. The van der Waals surface area contributed by atoms with E-state index >= 15 is 0 Å². The SMILES string of the molecule is CCOC(=O)c1cnc2ccccc2c1N1CCCC(CNC(C)=O)C1. The van der Waals surface area contributed by atoms with Gasteiger partial charge in [0.05, 0.1) is 17.8 Å². The summed E-state index contributed by atoms with van der Waals surface area (Å²) in [5, 5.41) is 3.87. The van der Waals surface area contributed by atoms with Crippen LogP contribution < -0.4 is 10.2 Å². The highest BCUT2D eigenvalue weighted by Gasteiger charge is 2.26. The third kappa shape index (κ3) is 3.95. The van der Waals surface area contributed by atoms with E-state index in [1.807, 2.05) is 24.3 Å². The average Bonchev–Trinajstić information content (AvgIpc) is 2.66. The quantitative estimate of drug-likeness (QED) is 0.835. The normalized spacial score (nSPS) is 17.2. The number of benzene rings is 1. The maximum atomic E-state index is 12.5. The molecule has 3 rings (SSSR count). The Bertz CT molecular complexity index is 806. The largest absolute Gasteiger partial charge is 0.462 e. The molecule has 2 aromatic rings. The van der Waals surface area contributed by atoms with E-state index in [2.05, 4.69) is 15.2 Å². The van der Waals surface area contributed by atoms with Crippen molar-refractivity contribution in [3.05, 3.63) is 36.0 Å². The van der Waals surface area contributed by atoms with Crippen molar-refractivity contribution in [2.24, 2.45) is 5.92 Å². The maximum Gasteiger partial charge on any atom is 0.341 e. The minimum atomic E-state index is -0.343. The lowest BCUT2D eigenvalue weighted by Crippen LogP contribution is -2.41. The van der Waals surface area contributed by atoms with E-state index in [0.29, 0.717) is 24.6 Å². The fraction of sp³-hybridized carbons (Fsp3) is 0.450. The van der Waals surface area contributed by atoms with Crippen LogP contribution in [0.2, 0.25) is 0 Å². The Labute approximate surface area is 153 Å². The number of hydrogen-bond donors (Lipinski definition) is 1. The van der Waals surface area contributed by atoms with Crippen molar-refractivity contribution in [3.8, 4) is 0 Å². The summed E-state index contributed by atoms with van der Waals surface area (Å²) in [5.74, 6) is 0.00283. The van der Waals surface area contributed by atoms with Crippen LogP contribution in [-0.4, -0.2) is 43.1 Å². The van der Waals surface area contributed by atoms with Crippen molar-refractivity contribution in [3.63, 3.8) is 0 Å². The third-order valence-corrected chi connectivity index (χ3v) is 4.72. The number of aromatic nitrogens is 1. The Balaban J connectivity index is 1.97. The summed E-state index contributed by atoms with van der Waals surface area (Å²) in [4.78, 5) is 30.4. The van der Waals surface area contributed by atoms with Crippen molar-refractivity contribution in [2.45, 2.75) is 26.7 Å². The van der Waals surface area contributed by atoms with Crippen LogP contribution in [0, 0.1) is 5.92 Å². The fourth-order valence-electron chi connectivity index (χ4n) is 3.55. The van der Waals surface area contributed by atoms with Crippen LogP contribution in [0.1, 0.15) is 37.0 Å². The van der Waals surface area contributed by atoms with Gasteiger partial charge in [0.2, 0.25) is 5.91 Å². The van der Waals surface area contributed by atoms with Gasteiger partial charge in [-0.1, -0.05) is 18.2 Å². The van der Waals surface area contributed by atoms with E-state index in [4.69, 9.17) is 4.74 Å². The minimum Gasteiger partial charge on any atom is -0.462 e. The first-order valence-corrected chi connectivity index (χ1v) is 9.14. The van der Waals surface area contributed by atoms with Gasteiger partial charge in [-0.05, 0) is 31.7 Å². The second-order valence-electron chi connectivity index (χ2n) is 6.65. The monoisotopic (exact) mass is 355 g/mol. The van der Waals surface area contributed by atoms with Crippen molar-refractivity contribution < 1.29 is 14.3 Å². The molecule has 0 aliphatic carbocycles. The van der Waals surface area contributed by atoms with Crippen molar-refractivity contribution in [1.29, 1.82) is 0 Å². The number of ether oxygens (including phenoxy) is 1. The molecule has 0 spiro atoms. The number of piperidine rings is 1. The van der Waals surface area contributed by atoms with E-state index in [1.54, 1.807) is 13.1 Å². The van der Waals surface area contributed by atoms with E-state index < -0.39 is 0 Å². The first-order valence-electron chi connectivity index (χ1n) is 9.14. The lowest BCUT2D eigenvalue weighted by Gasteiger charge is -2.36. The lowest BCUT2D eigenvalue weighted by atomic mass is 9.96. The molecule has 1 atom stereocenters. The number of esters is 1. The number of hydrogen-bond acceptors (Lipinski definition) is 5. The Hall–Kier alpha value is -2.63. The third-order valence-electron chi connectivity index (χ3n) is 4.72. The number of nitrogens with one attached hydrogen (secondary N) is 1. The summed E-state index contributed by atoms with van der Waals surface area (Å²) in [6.07, 6.45) is 3.70. The number of carbonyl (C=O) groups is 2. The van der Waals surface area contributed by atoms with Crippen molar-refractivity contribution in [2.75, 3.05) is 31.1 Å². The molecule has 6 nitrogen and oxygen atoms in total. The Kier molecular flexibility index (Phi) is 5.71. The zero-order valence-electron chi connectivity index (χ0n) is 15.3. The number of para-hydroxylation sites is 1. The van der Waals surface area contributed by atoms with Gasteiger partial charge in [0.25, 0.3) is 0 Å². The van der Waals surface area contributed by atoms with E-state index in [0.717, 1.165) is 42.5 Å². The molecule has 1 N–H and O–H groups in total. The van der Waals surface area contributed by atoms with Gasteiger partial charge in [-0.3, -0.25) is 9.78 Å². The number of carbonyl (C=O) groups excluding carboxylic acids is 2. The van der Waals surface area contributed by atoms with Crippen LogP contribution in [0.4, 0.5) is 5.69 Å². The molecule has 1 fully saturated rings. The van der Waals surface area contributed by atoms with Gasteiger partial charge >= 0.3 is 5.97 Å². The second-order valence-corrected chi connectivity index (χ2v) is 6.65. The summed E-state index contributed by atoms with van der Waals surface area (Å²) < 4.78 is 5.25. The molecule has 1 aliphatic rings. The molecule has 0 radical (unpaired) electrons. The highest BCUT2D eigenvalue weighted by molar-refractivity contribution is 6.05. The summed E-state index contributed by atoms with van der Waals surface area (Å²) >= 11 is 0. The van der Waals surface area contributed by atoms with Crippen LogP contribution in [0.15, 0.2) is 30.5 Å². The topological polar surface area (TPSA) is 71.5 Å². The molecular formula is C20H25N3O3. The van der Waals surface area contributed by atoms with Gasteiger partial charge in [-0.15, -0.1) is 0 Å². The Morgan fingerprint density at radius 1 is 1.35 bits per heavy atom. The molecule has 0 saturated carbocycles. The van der Waals surface area contributed by atoms with Crippen molar-refractivity contribution in [1.82, 2.24) is 10.3 Å². The molecule has 0 bridgehead atoms. The average molecular weight is 355 g/mol. The Morgan fingerprint density at radius 3 is 2.92 bits per heavy atom. The number of amides is 1. The van der Waals surface area contributed by atoms with Crippen LogP contribution in [-0.2, 0) is 9.53 Å². The number of rotatable bonds is 5. The molecule has 1 saturated heterocycles. The van der Waals surface area contributed by atoms with E-state index in [9.17, 15) is 9.59 Å². The predicted octanol–water partition coefficient (Wildman–Crippen LogP) is 2.76. The number of nitrogens with zero attached hydrogens (tertiary/aromatic N) is 2. The molecule has 26 heavy (non-hydrogen) atoms. The summed E-state index contributed by atoms with van der Waals surface area (Å²) in [7, 11) is 0. The van der Waals surface area contributed by atoms with Gasteiger partial charge in [0.1, 0.15) is 5.56 Å². The van der Waals surface area contributed by atoms with Crippen LogP contribution in [0.25, 0.3) is 10.9 Å². The van der Waals surface area contributed by atoms with Gasteiger partial charge in [-0.25, -0.2) is 4.79 Å². The minimum absolute atomic E-state index is 0.0105. The summed E-state index contributed by atoms with van der Waals surface area (Å²) in [5.41, 5.74) is 2.26. The van der Waals surface area contributed by atoms with Gasteiger partial charge in [-0.2, -0.15) is 0 Å². The van der Waals surface area contributed by atoms with E-state index in [-0.39, 0.29) is 11.9 Å². The van der Waals surface area contributed by atoms with Crippen LogP contribution >= 0.6 is 0 Å². The standard InChI is InChI=1S/C20H25N3O3/c1-3-26-20(25)17-12-22-18-9-5-4-8-16(18)19(17)23-10-6-7-15(13-23)11-21-14(2)24/h4-5,8-9,12,15H,3,6-7,10-11,13H2,1-2H3,(H,21,24). The smallest absolute Gasteiger partial charge is 0.341 e.